The van der Waals surface area contributed by atoms with Crippen LogP contribution in [0.4, 0.5) is 0 Å². The van der Waals surface area contributed by atoms with Crippen LogP contribution in [0.1, 0.15) is 26.9 Å². The number of halogens is 1. The Morgan fingerprint density at radius 2 is 1.76 bits per heavy atom. The molecule has 8 heteroatoms. The zero-order valence-corrected chi connectivity index (χ0v) is 19.9. The van der Waals surface area contributed by atoms with E-state index in [1.807, 2.05) is 65.6 Å². The number of nitrogens with one attached hydrogen (secondary N) is 1. The van der Waals surface area contributed by atoms with Crippen molar-refractivity contribution in [2.45, 2.75) is 18.0 Å². The molecule has 0 bridgehead atoms. The van der Waals surface area contributed by atoms with Crippen molar-refractivity contribution in [3.63, 3.8) is 0 Å². The molecule has 3 aromatic carbocycles. The van der Waals surface area contributed by atoms with Crippen LogP contribution >= 0.6 is 23.4 Å². The quantitative estimate of drug-likeness (QED) is 0.538. The minimum absolute atomic E-state index is 0.0897. The largest absolute Gasteiger partial charge is 0.486 e. The molecule has 2 heterocycles. The highest BCUT2D eigenvalue weighted by Gasteiger charge is 2.32. The predicted molar refractivity (Wildman–Crippen MR) is 132 cm³/mol. The number of thioether (sulfide) groups is 1. The second-order valence-corrected chi connectivity index (χ2v) is 9.65. The number of hydrogen-bond acceptors (Lipinski definition) is 5. The second-order valence-electron chi connectivity index (χ2n) is 8.14. The third kappa shape index (κ3) is 5.00. The van der Waals surface area contributed by atoms with E-state index < -0.39 is 0 Å². The molecule has 2 aliphatic rings. The van der Waals surface area contributed by atoms with Crippen LogP contribution in [0.15, 0.2) is 72.8 Å². The summed E-state index contributed by atoms with van der Waals surface area (Å²) in [5.74, 6) is 1.76. The number of carbonyl (C=O) groups excluding carboxylic acids is 2. The molecule has 2 amide bonds. The minimum Gasteiger partial charge on any atom is -0.486 e. The monoisotopic (exact) mass is 494 g/mol. The van der Waals surface area contributed by atoms with E-state index in [0.717, 1.165) is 11.1 Å². The molecule has 0 aromatic heterocycles. The van der Waals surface area contributed by atoms with Gasteiger partial charge in [-0.2, -0.15) is 0 Å². The van der Waals surface area contributed by atoms with Gasteiger partial charge < -0.3 is 19.7 Å². The van der Waals surface area contributed by atoms with Crippen LogP contribution < -0.4 is 14.8 Å². The van der Waals surface area contributed by atoms with Crippen molar-refractivity contribution in [2.75, 3.05) is 18.9 Å². The van der Waals surface area contributed by atoms with E-state index in [0.29, 0.717) is 47.5 Å². The van der Waals surface area contributed by atoms with Gasteiger partial charge in [-0.05, 0) is 47.5 Å². The molecule has 5 rings (SSSR count). The number of rotatable bonds is 6. The van der Waals surface area contributed by atoms with Crippen molar-refractivity contribution in [1.29, 1.82) is 0 Å². The summed E-state index contributed by atoms with van der Waals surface area (Å²) in [7, 11) is 0. The summed E-state index contributed by atoms with van der Waals surface area (Å²) in [6.07, 6.45) is -0.250. The van der Waals surface area contributed by atoms with Crippen LogP contribution in [0.5, 0.6) is 11.5 Å². The molecule has 34 heavy (non-hydrogen) atoms. The molecule has 0 radical (unpaired) electrons. The standard InChI is InChI=1S/C26H23ClN2O4S/c27-20-11-5-17(6-12-20)14-29-24(30)16-34-26(29)19-9-7-18(8-10-19)25(31)28-13-21-15-32-22-3-1-2-4-23(22)33-21/h1-12,21,26H,13-16H2,(H,28,31)/t21-,26-/m1/s1. The molecular formula is C26H23ClN2O4S. The average molecular weight is 495 g/mol. The van der Waals surface area contributed by atoms with E-state index in [1.54, 1.807) is 23.9 Å². The van der Waals surface area contributed by atoms with Gasteiger partial charge in [0.05, 0.1) is 12.3 Å². The van der Waals surface area contributed by atoms with Gasteiger partial charge in [-0.25, -0.2) is 0 Å². The Balaban J connectivity index is 1.19. The third-order valence-electron chi connectivity index (χ3n) is 5.75. The predicted octanol–water partition coefficient (Wildman–Crippen LogP) is 4.68. The summed E-state index contributed by atoms with van der Waals surface area (Å²) < 4.78 is 11.6. The lowest BCUT2D eigenvalue weighted by molar-refractivity contribution is -0.128. The highest BCUT2D eigenvalue weighted by atomic mass is 35.5. The van der Waals surface area contributed by atoms with Crippen LogP contribution in [-0.2, 0) is 11.3 Å². The first-order valence-electron chi connectivity index (χ1n) is 11.0. The lowest BCUT2D eigenvalue weighted by Crippen LogP contribution is -2.40. The van der Waals surface area contributed by atoms with Crippen molar-refractivity contribution >= 4 is 35.2 Å². The van der Waals surface area contributed by atoms with Crippen molar-refractivity contribution in [3.8, 4) is 11.5 Å². The molecule has 1 saturated heterocycles. The molecule has 2 atom stereocenters. The molecule has 0 saturated carbocycles. The fourth-order valence-electron chi connectivity index (χ4n) is 3.96. The first kappa shape index (κ1) is 22.6. The molecule has 0 spiro atoms. The van der Waals surface area contributed by atoms with Gasteiger partial charge in [0.1, 0.15) is 18.1 Å². The molecule has 1 N–H and O–H groups in total. The summed E-state index contributed by atoms with van der Waals surface area (Å²) in [6.45, 7) is 1.24. The van der Waals surface area contributed by atoms with Crippen LogP contribution in [0, 0.1) is 0 Å². The molecule has 0 aliphatic carbocycles. The van der Waals surface area contributed by atoms with Crippen molar-refractivity contribution in [1.82, 2.24) is 10.2 Å². The number of para-hydroxylation sites is 2. The maximum atomic E-state index is 12.7. The Kier molecular flexibility index (Phi) is 6.65. The minimum atomic E-state index is -0.250. The van der Waals surface area contributed by atoms with E-state index in [1.165, 1.54) is 0 Å². The fourth-order valence-corrected chi connectivity index (χ4v) is 5.27. The number of amides is 2. The second kappa shape index (κ2) is 9.99. The normalized spacial score (nSPS) is 19.2. The fraction of sp³-hybridized carbons (Fsp3) is 0.231. The van der Waals surface area contributed by atoms with Crippen molar-refractivity contribution in [3.05, 3.63) is 94.5 Å². The van der Waals surface area contributed by atoms with E-state index in [2.05, 4.69) is 5.32 Å². The molecule has 0 unspecified atom stereocenters. The summed E-state index contributed by atoms with van der Waals surface area (Å²) >= 11 is 7.57. The molecule has 1 fully saturated rings. The first-order chi connectivity index (χ1) is 16.6. The number of ether oxygens (including phenoxy) is 2. The number of carbonyl (C=O) groups is 2. The van der Waals surface area contributed by atoms with Gasteiger partial charge in [0.25, 0.3) is 5.91 Å². The molecule has 2 aliphatic heterocycles. The van der Waals surface area contributed by atoms with Gasteiger partial charge >= 0.3 is 0 Å². The molecule has 174 valence electrons. The smallest absolute Gasteiger partial charge is 0.251 e. The maximum Gasteiger partial charge on any atom is 0.251 e. The van der Waals surface area contributed by atoms with Crippen LogP contribution in [0.25, 0.3) is 0 Å². The number of benzene rings is 3. The summed E-state index contributed by atoms with van der Waals surface area (Å²) in [6, 6.07) is 22.4. The molecular weight excluding hydrogens is 472 g/mol. The average Bonchev–Trinajstić information content (AvgIpc) is 3.23. The van der Waals surface area contributed by atoms with E-state index in [4.69, 9.17) is 21.1 Å². The SMILES string of the molecule is O=C(NC[C@@H]1COc2ccccc2O1)c1ccc([C@H]2SCC(=O)N2Cc2ccc(Cl)cc2)cc1. The zero-order chi connectivity index (χ0) is 23.5. The summed E-state index contributed by atoms with van der Waals surface area (Å²) in [5.41, 5.74) is 2.57. The van der Waals surface area contributed by atoms with Gasteiger partial charge in [-0.1, -0.05) is 48.0 Å². The van der Waals surface area contributed by atoms with Crippen LogP contribution in [0.3, 0.4) is 0 Å². The van der Waals surface area contributed by atoms with Crippen LogP contribution in [0.2, 0.25) is 5.02 Å². The highest BCUT2D eigenvalue weighted by Crippen LogP contribution is 2.39. The Morgan fingerprint density at radius 1 is 1.03 bits per heavy atom. The van der Waals surface area contributed by atoms with Crippen molar-refractivity contribution < 1.29 is 19.1 Å². The Hall–Kier alpha value is -3.16. The maximum absolute atomic E-state index is 12.7. The summed E-state index contributed by atoms with van der Waals surface area (Å²) in [4.78, 5) is 27.0. The van der Waals surface area contributed by atoms with Crippen molar-refractivity contribution in [2.24, 2.45) is 0 Å². The van der Waals surface area contributed by atoms with Gasteiger partial charge in [-0.15, -0.1) is 11.8 Å². The topological polar surface area (TPSA) is 67.9 Å². The lowest BCUT2D eigenvalue weighted by Gasteiger charge is -2.26. The van der Waals surface area contributed by atoms with E-state index in [-0.39, 0.29) is 23.3 Å². The van der Waals surface area contributed by atoms with E-state index in [9.17, 15) is 9.59 Å². The Labute approximate surface area is 207 Å². The third-order valence-corrected chi connectivity index (χ3v) is 7.26. The van der Waals surface area contributed by atoms with Gasteiger partial charge in [0, 0.05) is 17.1 Å². The number of fused-ring (bicyclic) bond motifs is 1. The number of hydrogen-bond donors (Lipinski definition) is 1. The van der Waals surface area contributed by atoms with E-state index >= 15 is 0 Å². The Bertz CT molecular complexity index is 1190. The van der Waals surface area contributed by atoms with Gasteiger partial charge in [0.2, 0.25) is 5.91 Å². The lowest BCUT2D eigenvalue weighted by atomic mass is 10.1. The van der Waals surface area contributed by atoms with Crippen LogP contribution in [-0.4, -0.2) is 41.7 Å². The van der Waals surface area contributed by atoms with Gasteiger partial charge in [0.15, 0.2) is 11.5 Å². The number of nitrogens with zero attached hydrogens (tertiary/aromatic N) is 1. The van der Waals surface area contributed by atoms with Gasteiger partial charge in [-0.3, -0.25) is 9.59 Å². The Morgan fingerprint density at radius 3 is 2.53 bits per heavy atom. The molecule has 6 nitrogen and oxygen atoms in total. The first-order valence-corrected chi connectivity index (χ1v) is 12.4. The zero-order valence-electron chi connectivity index (χ0n) is 18.3. The molecule has 3 aromatic rings. The summed E-state index contributed by atoms with van der Waals surface area (Å²) in [5, 5.41) is 3.50. The highest BCUT2D eigenvalue weighted by molar-refractivity contribution is 8.00.